The van der Waals surface area contributed by atoms with Gasteiger partial charge in [-0.2, -0.15) is 0 Å². The van der Waals surface area contributed by atoms with Crippen molar-refractivity contribution in [2.45, 2.75) is 31.2 Å². The van der Waals surface area contributed by atoms with Crippen LogP contribution in [0.15, 0.2) is 30.3 Å². The van der Waals surface area contributed by atoms with Gasteiger partial charge in [-0.05, 0) is 32.4 Å². The van der Waals surface area contributed by atoms with Gasteiger partial charge in [0.1, 0.15) is 0 Å². The molecule has 1 saturated carbocycles. The van der Waals surface area contributed by atoms with E-state index >= 15 is 0 Å². The van der Waals surface area contributed by atoms with Gasteiger partial charge in [0.05, 0.1) is 0 Å². The molecule has 138 valence electrons. The quantitative estimate of drug-likeness (QED) is 0.858. The number of amides is 2. The van der Waals surface area contributed by atoms with Crippen LogP contribution in [0.3, 0.4) is 0 Å². The first-order valence-electron chi connectivity index (χ1n) is 9.47. The number of rotatable bonds is 6. The van der Waals surface area contributed by atoms with Crippen molar-refractivity contribution >= 4 is 6.03 Å². The summed E-state index contributed by atoms with van der Waals surface area (Å²) >= 11 is 0. The number of carbonyl (C=O) groups excluding carboxylic acids is 1. The van der Waals surface area contributed by atoms with Crippen LogP contribution in [-0.2, 0) is 5.41 Å². The number of carbonyl (C=O) groups is 1. The van der Waals surface area contributed by atoms with Crippen molar-refractivity contribution in [3.8, 4) is 0 Å². The van der Waals surface area contributed by atoms with Crippen LogP contribution in [0.5, 0.6) is 0 Å². The van der Waals surface area contributed by atoms with Crippen LogP contribution in [0.1, 0.15) is 25.3 Å². The molecule has 0 aromatic heterocycles. The summed E-state index contributed by atoms with van der Waals surface area (Å²) in [4.78, 5) is 19.2. The van der Waals surface area contributed by atoms with Crippen LogP contribution < -0.4 is 5.32 Å². The third kappa shape index (κ3) is 4.73. The highest BCUT2D eigenvalue weighted by Gasteiger charge is 2.45. The third-order valence-corrected chi connectivity index (χ3v) is 5.62. The summed E-state index contributed by atoms with van der Waals surface area (Å²) in [5.74, 6) is 0. The van der Waals surface area contributed by atoms with Crippen LogP contribution in [0.4, 0.5) is 4.79 Å². The largest absolute Gasteiger partial charge is 0.334 e. The standard InChI is InChI=1S/C20H32N4O/c1-17(15-24-13-11-22(2)12-14-24)21-19(25)23(3)16-20(9-10-20)18-7-5-4-6-8-18/h4-8,17H,9-16H2,1-3H3,(H,21,25). The Balaban J connectivity index is 1.46. The average Bonchev–Trinajstić information content (AvgIpc) is 3.38. The van der Waals surface area contributed by atoms with E-state index < -0.39 is 0 Å². The fourth-order valence-electron chi connectivity index (χ4n) is 3.79. The fraction of sp³-hybridized carbons (Fsp3) is 0.650. The summed E-state index contributed by atoms with van der Waals surface area (Å²) in [6.45, 7) is 8.23. The summed E-state index contributed by atoms with van der Waals surface area (Å²) in [6.07, 6.45) is 2.34. The zero-order valence-corrected chi connectivity index (χ0v) is 15.9. The van der Waals surface area contributed by atoms with E-state index in [1.165, 1.54) is 18.4 Å². The van der Waals surface area contributed by atoms with Crippen LogP contribution in [0.25, 0.3) is 0 Å². The van der Waals surface area contributed by atoms with E-state index in [-0.39, 0.29) is 17.5 Å². The molecule has 2 fully saturated rings. The zero-order valence-electron chi connectivity index (χ0n) is 15.9. The van der Waals surface area contributed by atoms with E-state index in [4.69, 9.17) is 0 Å². The molecule has 1 aliphatic carbocycles. The van der Waals surface area contributed by atoms with Gasteiger partial charge >= 0.3 is 6.03 Å². The van der Waals surface area contributed by atoms with E-state index in [0.29, 0.717) is 0 Å². The van der Waals surface area contributed by atoms with Gasteiger partial charge in [-0.1, -0.05) is 30.3 Å². The molecular weight excluding hydrogens is 312 g/mol. The first-order chi connectivity index (χ1) is 12.0. The molecule has 1 heterocycles. The summed E-state index contributed by atoms with van der Waals surface area (Å²) in [6, 6.07) is 10.8. The molecule has 2 amide bonds. The molecule has 1 atom stereocenters. The van der Waals surface area contributed by atoms with Gasteiger partial charge in [0.15, 0.2) is 0 Å². The van der Waals surface area contributed by atoms with Crippen molar-refractivity contribution < 1.29 is 4.79 Å². The molecule has 1 unspecified atom stereocenters. The summed E-state index contributed by atoms with van der Waals surface area (Å²) < 4.78 is 0. The minimum atomic E-state index is 0.0452. The van der Waals surface area contributed by atoms with Gasteiger partial charge in [0, 0.05) is 57.8 Å². The molecule has 1 saturated heterocycles. The smallest absolute Gasteiger partial charge is 0.317 e. The molecule has 1 N–H and O–H groups in total. The number of nitrogens with one attached hydrogen (secondary N) is 1. The Kier molecular flexibility index (Phi) is 5.64. The Labute approximate surface area is 152 Å². The SMILES string of the molecule is CC(CN1CCN(C)CC1)NC(=O)N(C)CC1(c2ccccc2)CC1. The molecular formula is C20H32N4O. The lowest BCUT2D eigenvalue weighted by Crippen LogP contribution is -2.51. The van der Waals surface area contributed by atoms with Crippen molar-refractivity contribution in [1.82, 2.24) is 20.0 Å². The van der Waals surface area contributed by atoms with Gasteiger partial charge in [0.25, 0.3) is 0 Å². The van der Waals surface area contributed by atoms with Gasteiger partial charge < -0.3 is 15.1 Å². The number of likely N-dealkylation sites (N-methyl/N-ethyl adjacent to an activating group) is 2. The van der Waals surface area contributed by atoms with E-state index in [0.717, 1.165) is 39.3 Å². The number of hydrogen-bond acceptors (Lipinski definition) is 3. The first kappa shape index (κ1) is 18.2. The van der Waals surface area contributed by atoms with Crippen LogP contribution >= 0.6 is 0 Å². The Morgan fingerprint density at radius 3 is 2.44 bits per heavy atom. The minimum Gasteiger partial charge on any atom is -0.334 e. The lowest BCUT2D eigenvalue weighted by molar-refractivity contribution is 0.142. The molecule has 1 aromatic carbocycles. The summed E-state index contributed by atoms with van der Waals surface area (Å²) in [5, 5.41) is 3.17. The second-order valence-corrected chi connectivity index (χ2v) is 7.96. The molecule has 3 rings (SSSR count). The van der Waals surface area contributed by atoms with E-state index in [1.54, 1.807) is 0 Å². The maximum Gasteiger partial charge on any atom is 0.317 e. The summed E-state index contributed by atoms with van der Waals surface area (Å²) in [7, 11) is 4.08. The molecule has 5 nitrogen and oxygen atoms in total. The van der Waals surface area contributed by atoms with Gasteiger partial charge in [0.2, 0.25) is 0 Å². The van der Waals surface area contributed by atoms with Crippen molar-refractivity contribution in [3.63, 3.8) is 0 Å². The van der Waals surface area contributed by atoms with Crippen LogP contribution in [0.2, 0.25) is 0 Å². The Hall–Kier alpha value is -1.59. The van der Waals surface area contributed by atoms with Gasteiger partial charge in [-0.25, -0.2) is 4.79 Å². The normalized spacial score (nSPS) is 21.6. The molecule has 0 spiro atoms. The Bertz CT molecular complexity index is 564. The lowest BCUT2D eigenvalue weighted by Gasteiger charge is -2.34. The zero-order chi connectivity index (χ0) is 17.9. The Morgan fingerprint density at radius 2 is 1.84 bits per heavy atom. The highest BCUT2D eigenvalue weighted by Crippen LogP contribution is 2.48. The van der Waals surface area contributed by atoms with E-state index in [9.17, 15) is 4.79 Å². The topological polar surface area (TPSA) is 38.8 Å². The molecule has 1 aromatic rings. The number of piperazine rings is 1. The molecule has 25 heavy (non-hydrogen) atoms. The average molecular weight is 345 g/mol. The molecule has 1 aliphatic heterocycles. The number of urea groups is 1. The second-order valence-electron chi connectivity index (χ2n) is 7.96. The molecule has 5 heteroatoms. The maximum absolute atomic E-state index is 12.6. The highest BCUT2D eigenvalue weighted by atomic mass is 16.2. The Morgan fingerprint density at radius 1 is 1.20 bits per heavy atom. The third-order valence-electron chi connectivity index (χ3n) is 5.62. The number of benzene rings is 1. The monoisotopic (exact) mass is 344 g/mol. The van der Waals surface area contributed by atoms with Crippen molar-refractivity contribution in [2.24, 2.45) is 0 Å². The fourth-order valence-corrected chi connectivity index (χ4v) is 3.79. The van der Waals surface area contributed by atoms with Crippen molar-refractivity contribution in [3.05, 3.63) is 35.9 Å². The molecule has 0 radical (unpaired) electrons. The van der Waals surface area contributed by atoms with Crippen LogP contribution in [-0.4, -0.2) is 80.1 Å². The first-order valence-corrected chi connectivity index (χ1v) is 9.47. The number of nitrogens with zero attached hydrogens (tertiary/aromatic N) is 3. The van der Waals surface area contributed by atoms with Crippen LogP contribution in [0, 0.1) is 0 Å². The molecule has 0 bridgehead atoms. The highest BCUT2D eigenvalue weighted by molar-refractivity contribution is 5.74. The van der Waals surface area contributed by atoms with Crippen molar-refractivity contribution in [1.29, 1.82) is 0 Å². The predicted octanol–water partition coefficient (Wildman–Crippen LogP) is 2.00. The van der Waals surface area contributed by atoms with E-state index in [2.05, 4.69) is 59.4 Å². The van der Waals surface area contributed by atoms with Gasteiger partial charge in [-0.15, -0.1) is 0 Å². The van der Waals surface area contributed by atoms with Crippen molar-refractivity contribution in [2.75, 3.05) is 53.4 Å². The lowest BCUT2D eigenvalue weighted by atomic mass is 9.95. The minimum absolute atomic E-state index is 0.0452. The summed E-state index contributed by atoms with van der Waals surface area (Å²) in [5.41, 5.74) is 1.54. The van der Waals surface area contributed by atoms with E-state index in [1.807, 2.05) is 11.9 Å². The second kappa shape index (κ2) is 7.75. The number of hydrogen-bond donors (Lipinski definition) is 1. The van der Waals surface area contributed by atoms with Gasteiger partial charge in [-0.3, -0.25) is 4.90 Å². The maximum atomic E-state index is 12.6. The molecule has 2 aliphatic rings. The predicted molar refractivity (Wildman–Crippen MR) is 102 cm³/mol.